The summed E-state index contributed by atoms with van der Waals surface area (Å²) < 4.78 is 0. The van der Waals surface area contributed by atoms with Gasteiger partial charge in [-0.2, -0.15) is 10.1 Å². The molecule has 2 amide bonds. The van der Waals surface area contributed by atoms with E-state index in [1.54, 1.807) is 12.1 Å². The van der Waals surface area contributed by atoms with Crippen LogP contribution in [0, 0.1) is 11.8 Å². The molecule has 5 heteroatoms. The Labute approximate surface area is 178 Å². The highest BCUT2D eigenvalue weighted by Crippen LogP contribution is 2.60. The van der Waals surface area contributed by atoms with Crippen LogP contribution in [-0.4, -0.2) is 23.0 Å². The van der Waals surface area contributed by atoms with Gasteiger partial charge in [-0.3, -0.25) is 9.59 Å². The topological polar surface area (TPSA) is 49.7 Å². The zero-order chi connectivity index (χ0) is 20.4. The summed E-state index contributed by atoms with van der Waals surface area (Å²) in [5.74, 6) is -1.54. The van der Waals surface area contributed by atoms with Gasteiger partial charge in [0.25, 0.3) is 11.8 Å². The van der Waals surface area contributed by atoms with Gasteiger partial charge in [0.1, 0.15) is 0 Å². The van der Waals surface area contributed by atoms with Gasteiger partial charge in [0, 0.05) is 22.4 Å². The quantitative estimate of drug-likeness (QED) is 0.457. The second-order valence-electron chi connectivity index (χ2n) is 8.02. The van der Waals surface area contributed by atoms with Gasteiger partial charge >= 0.3 is 0 Å². The molecule has 146 valence electrons. The lowest BCUT2D eigenvalue weighted by Gasteiger charge is -2.45. The number of hydrazone groups is 1. The van der Waals surface area contributed by atoms with Gasteiger partial charge in [-0.25, -0.2) is 0 Å². The van der Waals surface area contributed by atoms with Crippen molar-refractivity contribution in [2.75, 3.05) is 0 Å². The van der Waals surface area contributed by atoms with Crippen molar-refractivity contribution in [3.8, 4) is 0 Å². The van der Waals surface area contributed by atoms with Crippen LogP contribution < -0.4 is 0 Å². The fraction of sp³-hybridized carbons (Fsp3) is 0.160. The maximum absolute atomic E-state index is 13.4. The van der Waals surface area contributed by atoms with Gasteiger partial charge in [-0.05, 0) is 28.3 Å². The average Bonchev–Trinajstić information content (AvgIpc) is 3.04. The van der Waals surface area contributed by atoms with Crippen LogP contribution in [0.5, 0.6) is 0 Å². The molecule has 0 unspecified atom stereocenters. The molecule has 0 radical (unpaired) electrons. The van der Waals surface area contributed by atoms with Crippen molar-refractivity contribution in [1.82, 2.24) is 5.01 Å². The fourth-order valence-electron chi connectivity index (χ4n) is 5.48. The minimum absolute atomic E-state index is 0.121. The molecule has 2 bridgehead atoms. The number of rotatable bonds is 2. The average molecular weight is 413 g/mol. The van der Waals surface area contributed by atoms with Crippen LogP contribution in [0.25, 0.3) is 0 Å². The Morgan fingerprint density at radius 2 is 1.13 bits per heavy atom. The molecule has 3 aromatic carbocycles. The Bertz CT molecular complexity index is 1140. The van der Waals surface area contributed by atoms with E-state index < -0.39 is 11.8 Å². The second-order valence-corrected chi connectivity index (χ2v) is 8.43. The first-order valence-electron chi connectivity index (χ1n) is 10.0. The molecular weight excluding hydrogens is 396 g/mol. The maximum atomic E-state index is 13.4. The summed E-state index contributed by atoms with van der Waals surface area (Å²) in [7, 11) is 0. The first-order chi connectivity index (χ1) is 14.7. The molecule has 0 N–H and O–H groups in total. The Morgan fingerprint density at radius 1 is 0.700 bits per heavy atom. The monoisotopic (exact) mass is 412 g/mol. The van der Waals surface area contributed by atoms with Crippen molar-refractivity contribution in [1.29, 1.82) is 0 Å². The lowest BCUT2D eigenvalue weighted by molar-refractivity contribution is -0.139. The Kier molecular flexibility index (Phi) is 3.74. The normalized spacial score (nSPS) is 26.1. The van der Waals surface area contributed by atoms with Crippen LogP contribution in [0.2, 0.25) is 5.02 Å². The summed E-state index contributed by atoms with van der Waals surface area (Å²) in [6, 6.07) is 23.6. The van der Waals surface area contributed by atoms with Gasteiger partial charge < -0.3 is 0 Å². The van der Waals surface area contributed by atoms with Crippen molar-refractivity contribution in [2.24, 2.45) is 16.9 Å². The van der Waals surface area contributed by atoms with Gasteiger partial charge in [-0.15, -0.1) is 0 Å². The first kappa shape index (κ1) is 17.6. The van der Waals surface area contributed by atoms with Gasteiger partial charge in [-0.1, -0.05) is 78.3 Å². The number of carbonyl (C=O) groups excluding carboxylic acids is 2. The Hall–Kier alpha value is -3.24. The lowest BCUT2D eigenvalue weighted by Crippen LogP contribution is -2.41. The fourth-order valence-corrected chi connectivity index (χ4v) is 5.66. The SMILES string of the molecule is O=C1[C@H]2C3c4ccccc4C(c4ccccc43)[C@@H]2C(=O)N1/N=C\c1ccccc1Cl. The molecule has 4 nitrogen and oxygen atoms in total. The van der Waals surface area contributed by atoms with Gasteiger partial charge in [0.2, 0.25) is 0 Å². The second kappa shape index (κ2) is 6.38. The standard InChI is InChI=1S/C25H17ClN2O2/c26-19-12-6-1-7-14(19)13-27-28-24(29)22-20-15-8-2-3-9-16(15)21(23(22)25(28)30)18-11-5-4-10-17(18)20/h1-13,20-23H/b27-13-/t20?,21?,22-,23-/m0/s1. The molecule has 4 aliphatic rings. The Balaban J connectivity index is 1.47. The minimum atomic E-state index is -0.421. The van der Waals surface area contributed by atoms with Crippen LogP contribution in [0.1, 0.15) is 39.7 Å². The highest BCUT2D eigenvalue weighted by atomic mass is 35.5. The van der Waals surface area contributed by atoms with E-state index in [0.29, 0.717) is 10.6 Å². The summed E-state index contributed by atoms with van der Waals surface area (Å²) in [5.41, 5.74) is 5.28. The van der Waals surface area contributed by atoms with Gasteiger partial charge in [0.15, 0.2) is 0 Å². The minimum Gasteiger partial charge on any atom is -0.272 e. The third kappa shape index (κ3) is 2.25. The van der Waals surface area contributed by atoms with Crippen molar-refractivity contribution in [3.63, 3.8) is 0 Å². The molecule has 0 spiro atoms. The number of benzene rings is 3. The van der Waals surface area contributed by atoms with E-state index in [-0.39, 0.29) is 23.7 Å². The van der Waals surface area contributed by atoms with E-state index in [1.165, 1.54) is 6.21 Å². The van der Waals surface area contributed by atoms with E-state index in [9.17, 15) is 9.59 Å². The molecule has 2 atom stereocenters. The zero-order valence-electron chi connectivity index (χ0n) is 15.9. The Morgan fingerprint density at radius 3 is 1.60 bits per heavy atom. The van der Waals surface area contributed by atoms with Crippen LogP contribution >= 0.6 is 11.6 Å². The summed E-state index contributed by atoms with van der Waals surface area (Å²) in [4.78, 5) is 26.8. The first-order valence-corrected chi connectivity index (χ1v) is 10.4. The molecule has 7 rings (SSSR count). The maximum Gasteiger partial charge on any atom is 0.254 e. The van der Waals surface area contributed by atoms with Crippen LogP contribution in [-0.2, 0) is 9.59 Å². The van der Waals surface area contributed by atoms with Crippen LogP contribution in [0.4, 0.5) is 0 Å². The van der Waals surface area contributed by atoms with Gasteiger partial charge in [0.05, 0.1) is 18.1 Å². The number of imide groups is 1. The van der Waals surface area contributed by atoms with Crippen molar-refractivity contribution >= 4 is 29.6 Å². The van der Waals surface area contributed by atoms with E-state index in [1.807, 2.05) is 36.4 Å². The summed E-state index contributed by atoms with van der Waals surface area (Å²) >= 11 is 6.20. The number of hydrogen-bond acceptors (Lipinski definition) is 3. The number of amides is 2. The largest absolute Gasteiger partial charge is 0.272 e. The highest BCUT2D eigenvalue weighted by Gasteiger charge is 2.61. The lowest BCUT2D eigenvalue weighted by atomic mass is 9.55. The molecule has 3 aliphatic carbocycles. The van der Waals surface area contributed by atoms with E-state index >= 15 is 0 Å². The molecule has 1 saturated heterocycles. The van der Waals surface area contributed by atoms with Crippen molar-refractivity contribution in [2.45, 2.75) is 11.8 Å². The summed E-state index contributed by atoms with van der Waals surface area (Å²) in [5, 5.41) is 5.88. The van der Waals surface area contributed by atoms with E-state index in [4.69, 9.17) is 11.6 Å². The van der Waals surface area contributed by atoms with Crippen molar-refractivity contribution < 1.29 is 9.59 Å². The molecular formula is C25H17ClN2O2. The smallest absolute Gasteiger partial charge is 0.254 e. The van der Waals surface area contributed by atoms with E-state index in [0.717, 1.165) is 27.3 Å². The third-order valence-corrected chi connectivity index (χ3v) is 6.99. The zero-order valence-corrected chi connectivity index (χ0v) is 16.7. The molecule has 1 heterocycles. The predicted octanol–water partition coefficient (Wildman–Crippen LogP) is 4.57. The molecule has 1 fully saturated rings. The summed E-state index contributed by atoms with van der Waals surface area (Å²) in [6.07, 6.45) is 1.50. The third-order valence-electron chi connectivity index (χ3n) is 6.64. The highest BCUT2D eigenvalue weighted by molar-refractivity contribution is 6.33. The number of hydrogen-bond donors (Lipinski definition) is 0. The molecule has 0 aromatic heterocycles. The van der Waals surface area contributed by atoms with Crippen LogP contribution in [0.3, 0.4) is 0 Å². The van der Waals surface area contributed by atoms with E-state index in [2.05, 4.69) is 29.4 Å². The predicted molar refractivity (Wildman–Crippen MR) is 114 cm³/mol. The number of nitrogens with zero attached hydrogens (tertiary/aromatic N) is 2. The molecule has 30 heavy (non-hydrogen) atoms. The van der Waals surface area contributed by atoms with Crippen molar-refractivity contribution in [3.05, 3.63) is 106 Å². The number of carbonyl (C=O) groups is 2. The molecule has 1 aliphatic heterocycles. The molecule has 0 saturated carbocycles. The van der Waals surface area contributed by atoms with Crippen LogP contribution in [0.15, 0.2) is 77.9 Å². The summed E-state index contributed by atoms with van der Waals surface area (Å²) in [6.45, 7) is 0. The molecule has 3 aromatic rings. The number of halogens is 1.